The van der Waals surface area contributed by atoms with Crippen molar-refractivity contribution in [2.45, 2.75) is 13.1 Å². The highest BCUT2D eigenvalue weighted by molar-refractivity contribution is 5.79. The third-order valence-electron chi connectivity index (χ3n) is 4.96. The molecule has 0 N–H and O–H groups in total. The van der Waals surface area contributed by atoms with Gasteiger partial charge in [-0.2, -0.15) is 0 Å². The molecule has 28 heavy (non-hydrogen) atoms. The molecule has 0 spiro atoms. The Labute approximate surface area is 162 Å². The Morgan fingerprint density at radius 3 is 2.61 bits per heavy atom. The summed E-state index contributed by atoms with van der Waals surface area (Å²) in [6, 6.07) is 15.9. The molecular weight excluding hydrogens is 359 g/mol. The number of hydrogen-bond acceptors (Lipinski definition) is 4. The van der Waals surface area contributed by atoms with Crippen LogP contribution < -0.4 is 10.3 Å². The molecule has 0 bridgehead atoms. The fourth-order valence-corrected chi connectivity index (χ4v) is 3.51. The second-order valence-electron chi connectivity index (χ2n) is 6.88. The van der Waals surface area contributed by atoms with Crippen molar-refractivity contribution in [3.8, 4) is 5.75 Å². The Balaban J connectivity index is 1.62. The first-order chi connectivity index (χ1) is 13.7. The highest BCUT2D eigenvalue weighted by Gasteiger charge is 2.16. The standard InChI is InChI=1S/C22H23FN2O3/c23-19-7-6-17-14-18(16-24-8-11-27-12-9-24)22(26)25(21(17)15-19)10-13-28-20-4-2-1-3-5-20/h1-7,14-15H,8-13,16H2. The van der Waals surface area contributed by atoms with Crippen LogP contribution in [0.5, 0.6) is 5.75 Å². The molecule has 1 aromatic heterocycles. The number of rotatable bonds is 6. The minimum atomic E-state index is -0.356. The largest absolute Gasteiger partial charge is 0.492 e. The zero-order valence-electron chi connectivity index (χ0n) is 15.6. The number of benzene rings is 2. The summed E-state index contributed by atoms with van der Waals surface area (Å²) in [5.74, 6) is 0.390. The molecule has 1 aliphatic heterocycles. The number of aromatic nitrogens is 1. The highest BCUT2D eigenvalue weighted by Crippen LogP contribution is 2.17. The van der Waals surface area contributed by atoms with Gasteiger partial charge in [0, 0.05) is 25.2 Å². The number of fused-ring (bicyclic) bond motifs is 1. The van der Waals surface area contributed by atoms with Gasteiger partial charge in [0.2, 0.25) is 0 Å². The normalized spacial score (nSPS) is 15.0. The zero-order valence-corrected chi connectivity index (χ0v) is 15.6. The van der Waals surface area contributed by atoms with Crippen molar-refractivity contribution >= 4 is 10.9 Å². The Morgan fingerprint density at radius 2 is 1.82 bits per heavy atom. The van der Waals surface area contributed by atoms with Crippen molar-refractivity contribution in [2.24, 2.45) is 0 Å². The third kappa shape index (κ3) is 4.24. The van der Waals surface area contributed by atoms with E-state index in [9.17, 15) is 9.18 Å². The van der Waals surface area contributed by atoms with Crippen LogP contribution in [0.15, 0.2) is 59.4 Å². The van der Waals surface area contributed by atoms with Gasteiger partial charge in [0.15, 0.2) is 0 Å². The van der Waals surface area contributed by atoms with Gasteiger partial charge in [-0.05, 0) is 41.8 Å². The second-order valence-corrected chi connectivity index (χ2v) is 6.88. The molecule has 1 saturated heterocycles. The molecule has 2 heterocycles. The summed E-state index contributed by atoms with van der Waals surface area (Å²) in [6.07, 6.45) is 0. The molecule has 146 valence electrons. The predicted molar refractivity (Wildman–Crippen MR) is 106 cm³/mol. The summed E-state index contributed by atoms with van der Waals surface area (Å²) in [5.41, 5.74) is 1.20. The van der Waals surface area contributed by atoms with E-state index in [0.717, 1.165) is 24.2 Å². The van der Waals surface area contributed by atoms with Crippen LogP contribution in [0.1, 0.15) is 5.56 Å². The summed E-state index contributed by atoms with van der Waals surface area (Å²) >= 11 is 0. The van der Waals surface area contributed by atoms with Crippen LogP contribution in [-0.2, 0) is 17.8 Å². The van der Waals surface area contributed by atoms with Crippen molar-refractivity contribution < 1.29 is 13.9 Å². The van der Waals surface area contributed by atoms with Gasteiger partial charge < -0.3 is 14.0 Å². The van der Waals surface area contributed by atoms with E-state index in [1.165, 1.54) is 12.1 Å². The lowest BCUT2D eigenvalue weighted by Gasteiger charge is -2.26. The van der Waals surface area contributed by atoms with E-state index in [1.54, 1.807) is 10.6 Å². The molecule has 0 amide bonds. The average molecular weight is 382 g/mol. The molecule has 0 saturated carbocycles. The lowest BCUT2D eigenvalue weighted by molar-refractivity contribution is 0.0340. The van der Waals surface area contributed by atoms with Crippen molar-refractivity contribution in [1.82, 2.24) is 9.47 Å². The maximum absolute atomic E-state index is 13.8. The van der Waals surface area contributed by atoms with Crippen LogP contribution in [0.2, 0.25) is 0 Å². The summed E-state index contributed by atoms with van der Waals surface area (Å²) < 4.78 is 26.6. The van der Waals surface area contributed by atoms with E-state index in [1.807, 2.05) is 36.4 Å². The quantitative estimate of drug-likeness (QED) is 0.657. The molecular formula is C22H23FN2O3. The molecule has 0 atom stereocenters. The molecule has 5 nitrogen and oxygen atoms in total. The van der Waals surface area contributed by atoms with Crippen molar-refractivity contribution in [3.05, 3.63) is 76.3 Å². The Hall–Kier alpha value is -2.70. The van der Waals surface area contributed by atoms with Gasteiger partial charge in [-0.25, -0.2) is 4.39 Å². The van der Waals surface area contributed by atoms with E-state index in [4.69, 9.17) is 9.47 Å². The van der Waals surface area contributed by atoms with Crippen molar-refractivity contribution in [3.63, 3.8) is 0 Å². The van der Waals surface area contributed by atoms with Gasteiger partial charge >= 0.3 is 0 Å². The maximum atomic E-state index is 13.8. The van der Waals surface area contributed by atoms with Gasteiger partial charge in [-0.1, -0.05) is 18.2 Å². The lowest BCUT2D eigenvalue weighted by atomic mass is 10.1. The molecule has 3 aromatic rings. The predicted octanol–water partition coefficient (Wildman–Crippen LogP) is 3.05. The fourth-order valence-electron chi connectivity index (χ4n) is 3.51. The van der Waals surface area contributed by atoms with Gasteiger partial charge in [-0.15, -0.1) is 0 Å². The molecule has 0 radical (unpaired) electrons. The molecule has 0 aliphatic carbocycles. The molecule has 0 unspecified atom stereocenters. The first kappa shape index (κ1) is 18.7. The van der Waals surface area contributed by atoms with Crippen LogP contribution in [-0.4, -0.2) is 42.4 Å². The summed E-state index contributed by atoms with van der Waals surface area (Å²) in [7, 11) is 0. The average Bonchev–Trinajstić information content (AvgIpc) is 2.72. The van der Waals surface area contributed by atoms with Gasteiger partial charge in [0.05, 0.1) is 25.3 Å². The first-order valence-electron chi connectivity index (χ1n) is 9.51. The SMILES string of the molecule is O=c1c(CN2CCOCC2)cc2ccc(F)cc2n1CCOc1ccccc1. The Morgan fingerprint density at radius 1 is 1.04 bits per heavy atom. The number of para-hydroxylation sites is 1. The number of ether oxygens (including phenoxy) is 2. The minimum Gasteiger partial charge on any atom is -0.492 e. The number of pyridine rings is 1. The van der Waals surface area contributed by atoms with Gasteiger partial charge in [0.25, 0.3) is 5.56 Å². The number of hydrogen-bond donors (Lipinski definition) is 0. The van der Waals surface area contributed by atoms with E-state index < -0.39 is 0 Å². The molecule has 2 aromatic carbocycles. The number of halogens is 1. The first-order valence-corrected chi connectivity index (χ1v) is 9.51. The zero-order chi connectivity index (χ0) is 19.3. The molecule has 6 heteroatoms. The van der Waals surface area contributed by atoms with E-state index >= 15 is 0 Å². The van der Waals surface area contributed by atoms with Crippen LogP contribution in [0, 0.1) is 5.82 Å². The van der Waals surface area contributed by atoms with Gasteiger partial charge in [-0.3, -0.25) is 9.69 Å². The Kier molecular flexibility index (Phi) is 5.69. The van der Waals surface area contributed by atoms with E-state index in [0.29, 0.717) is 44.0 Å². The van der Waals surface area contributed by atoms with Crippen LogP contribution in [0.25, 0.3) is 10.9 Å². The van der Waals surface area contributed by atoms with E-state index in [2.05, 4.69) is 4.90 Å². The monoisotopic (exact) mass is 382 g/mol. The topological polar surface area (TPSA) is 43.7 Å². The summed E-state index contributed by atoms with van der Waals surface area (Å²) in [6.45, 7) is 4.21. The second kappa shape index (κ2) is 8.54. The van der Waals surface area contributed by atoms with E-state index in [-0.39, 0.29) is 11.4 Å². The maximum Gasteiger partial charge on any atom is 0.255 e. The lowest BCUT2D eigenvalue weighted by Crippen LogP contribution is -2.38. The fraction of sp³-hybridized carbons (Fsp3) is 0.318. The summed E-state index contributed by atoms with van der Waals surface area (Å²) in [5, 5.41) is 0.851. The smallest absolute Gasteiger partial charge is 0.255 e. The Bertz CT molecular complexity index is 998. The third-order valence-corrected chi connectivity index (χ3v) is 4.96. The summed E-state index contributed by atoms with van der Waals surface area (Å²) in [4.78, 5) is 15.3. The van der Waals surface area contributed by atoms with Crippen LogP contribution >= 0.6 is 0 Å². The minimum absolute atomic E-state index is 0.0961. The highest BCUT2D eigenvalue weighted by atomic mass is 19.1. The molecule has 1 aliphatic rings. The molecule has 1 fully saturated rings. The van der Waals surface area contributed by atoms with Gasteiger partial charge in [0.1, 0.15) is 18.2 Å². The molecule has 4 rings (SSSR count). The van der Waals surface area contributed by atoms with Crippen LogP contribution in [0.4, 0.5) is 4.39 Å². The van der Waals surface area contributed by atoms with Crippen molar-refractivity contribution in [1.29, 1.82) is 0 Å². The van der Waals surface area contributed by atoms with Crippen LogP contribution in [0.3, 0.4) is 0 Å². The number of nitrogens with zero attached hydrogens (tertiary/aromatic N) is 2. The number of morpholine rings is 1. The van der Waals surface area contributed by atoms with Crippen molar-refractivity contribution in [2.75, 3.05) is 32.9 Å².